The summed E-state index contributed by atoms with van der Waals surface area (Å²) < 4.78 is 13.1. The fourth-order valence-corrected chi connectivity index (χ4v) is 5.58. The molecule has 0 spiro atoms. The van der Waals surface area contributed by atoms with Crippen molar-refractivity contribution in [2.24, 2.45) is 0 Å². The maximum atomic E-state index is 13.1. The van der Waals surface area contributed by atoms with Crippen molar-refractivity contribution in [3.8, 4) is 11.1 Å². The highest BCUT2D eigenvalue weighted by molar-refractivity contribution is 7.55. The van der Waals surface area contributed by atoms with E-state index in [1.807, 2.05) is 60.7 Å². The Balaban J connectivity index is 1.28. The van der Waals surface area contributed by atoms with Crippen LogP contribution in [0.25, 0.3) is 21.9 Å². The van der Waals surface area contributed by atoms with Crippen molar-refractivity contribution in [3.63, 3.8) is 0 Å². The number of aryl methyl sites for hydroxylation is 1. The van der Waals surface area contributed by atoms with Crippen LogP contribution in [0.1, 0.15) is 23.0 Å². The predicted molar refractivity (Wildman–Crippen MR) is 138 cm³/mol. The summed E-state index contributed by atoms with van der Waals surface area (Å²) in [5.41, 5.74) is 4.27. The van der Waals surface area contributed by atoms with Gasteiger partial charge in [0.05, 0.1) is 6.04 Å². The number of aromatic amines is 1. The Morgan fingerprint density at radius 2 is 1.51 bits per heavy atom. The first kappa shape index (κ1) is 23.1. The summed E-state index contributed by atoms with van der Waals surface area (Å²) >= 11 is 0. The Bertz CT molecular complexity index is 1440. The molecule has 3 N–H and O–H groups in total. The molecule has 7 nitrogen and oxygen atoms in total. The summed E-state index contributed by atoms with van der Waals surface area (Å²) in [5, 5.41) is 19.4. The molecule has 5 aromatic rings. The second kappa shape index (κ2) is 10.3. The minimum absolute atomic E-state index is 0.104. The number of H-pyrrole nitrogens is 1. The third-order valence-electron chi connectivity index (χ3n) is 6.05. The van der Waals surface area contributed by atoms with Gasteiger partial charge < -0.3 is 4.89 Å². The molecular weight excluding hydrogens is 457 g/mol. The van der Waals surface area contributed by atoms with Crippen molar-refractivity contribution in [1.82, 2.24) is 25.7 Å². The van der Waals surface area contributed by atoms with Gasteiger partial charge in [-0.15, -0.1) is 10.2 Å². The number of tetrazole rings is 1. The standard InChI is InChI=1S/C27H26N5O2P/c33-35(34,17-16-21-12-13-23-8-4-5-9-25(23)18-21)30-26(27-28-31-32-29-27)19-20-10-14-24(15-11-20)22-6-2-1-3-7-22/h1-15,18,26H,16-17,19H2,(H2,30,33,34)(H,28,29,31,32)/t26-/m0/s1. The lowest BCUT2D eigenvalue weighted by molar-refractivity contribution is 0.443. The Morgan fingerprint density at radius 1 is 0.829 bits per heavy atom. The lowest BCUT2D eigenvalue weighted by atomic mass is 10.0. The molecule has 0 aliphatic heterocycles. The van der Waals surface area contributed by atoms with Crippen molar-refractivity contribution in [2.75, 3.05) is 6.16 Å². The number of rotatable bonds is 9. The zero-order chi connectivity index (χ0) is 24.1. The van der Waals surface area contributed by atoms with Crippen LogP contribution in [0.5, 0.6) is 0 Å². The quantitative estimate of drug-likeness (QED) is 0.245. The molecule has 2 atom stereocenters. The van der Waals surface area contributed by atoms with Gasteiger partial charge in [-0.2, -0.15) is 5.21 Å². The van der Waals surface area contributed by atoms with E-state index in [1.54, 1.807) is 0 Å². The van der Waals surface area contributed by atoms with Crippen LogP contribution in [0, 0.1) is 0 Å². The second-order valence-electron chi connectivity index (χ2n) is 8.58. The maximum absolute atomic E-state index is 13.1. The van der Waals surface area contributed by atoms with Gasteiger partial charge in [0, 0.05) is 6.16 Å². The van der Waals surface area contributed by atoms with Crippen molar-refractivity contribution >= 4 is 18.3 Å². The number of nitrogens with one attached hydrogen (secondary N) is 2. The fraction of sp³-hybridized carbons (Fsp3) is 0.148. The first-order chi connectivity index (χ1) is 17.1. The summed E-state index contributed by atoms with van der Waals surface area (Å²) in [5.74, 6) is 0.358. The molecular formula is C27H26N5O2P. The minimum Gasteiger partial charge on any atom is -0.333 e. The van der Waals surface area contributed by atoms with E-state index in [4.69, 9.17) is 0 Å². The average Bonchev–Trinajstić information content (AvgIpc) is 3.43. The molecule has 4 aromatic carbocycles. The Hall–Kier alpha value is -3.64. The van der Waals surface area contributed by atoms with E-state index in [9.17, 15) is 9.46 Å². The Morgan fingerprint density at radius 3 is 2.26 bits per heavy atom. The molecule has 0 saturated heterocycles. The van der Waals surface area contributed by atoms with E-state index in [0.29, 0.717) is 18.7 Å². The molecule has 8 heteroatoms. The summed E-state index contributed by atoms with van der Waals surface area (Å²) in [6.07, 6.45) is 1.04. The zero-order valence-corrected chi connectivity index (χ0v) is 20.0. The van der Waals surface area contributed by atoms with Crippen molar-refractivity contribution in [3.05, 3.63) is 114 Å². The van der Waals surface area contributed by atoms with Gasteiger partial charge in [0.2, 0.25) is 0 Å². The van der Waals surface area contributed by atoms with Gasteiger partial charge in [-0.25, -0.2) is 5.09 Å². The summed E-state index contributed by atoms with van der Waals surface area (Å²) in [4.78, 5) is 10.8. The molecule has 35 heavy (non-hydrogen) atoms. The van der Waals surface area contributed by atoms with E-state index >= 15 is 0 Å². The number of fused-ring (bicyclic) bond motifs is 1. The molecule has 176 valence electrons. The van der Waals surface area contributed by atoms with Crippen LogP contribution in [0.4, 0.5) is 0 Å². The molecule has 1 heterocycles. The zero-order valence-electron chi connectivity index (χ0n) is 19.1. The van der Waals surface area contributed by atoms with Crippen LogP contribution < -0.4 is 5.09 Å². The molecule has 1 aromatic heterocycles. The van der Waals surface area contributed by atoms with Crippen LogP contribution >= 0.6 is 7.52 Å². The second-order valence-corrected chi connectivity index (χ2v) is 10.7. The summed E-state index contributed by atoms with van der Waals surface area (Å²) in [7, 11) is -3.68. The first-order valence-electron chi connectivity index (χ1n) is 11.5. The summed E-state index contributed by atoms with van der Waals surface area (Å²) in [6.45, 7) is 0. The highest BCUT2D eigenvalue weighted by Crippen LogP contribution is 2.40. The SMILES string of the molecule is O=P(O)(CCc1ccc2ccccc2c1)N[C@@H](Cc1ccc(-c2ccccc2)cc1)c1nn[nH]n1. The van der Waals surface area contributed by atoms with Crippen molar-refractivity contribution < 1.29 is 9.46 Å². The largest absolute Gasteiger partial charge is 0.333 e. The molecule has 0 saturated carbocycles. The van der Waals surface area contributed by atoms with E-state index in [0.717, 1.165) is 33.0 Å². The van der Waals surface area contributed by atoms with E-state index < -0.39 is 13.6 Å². The van der Waals surface area contributed by atoms with E-state index in [1.165, 1.54) is 0 Å². The summed E-state index contributed by atoms with van der Waals surface area (Å²) in [6, 6.07) is 32.0. The first-order valence-corrected chi connectivity index (χ1v) is 13.4. The Kier molecular flexibility index (Phi) is 6.82. The predicted octanol–water partition coefficient (Wildman–Crippen LogP) is 5.32. The van der Waals surface area contributed by atoms with Crippen molar-refractivity contribution in [2.45, 2.75) is 18.9 Å². The average molecular weight is 484 g/mol. The molecule has 5 rings (SSSR count). The molecule has 1 unspecified atom stereocenters. The van der Waals surface area contributed by atoms with Crippen LogP contribution in [0.2, 0.25) is 0 Å². The van der Waals surface area contributed by atoms with E-state index in [-0.39, 0.29) is 6.16 Å². The van der Waals surface area contributed by atoms with Crippen LogP contribution in [0.15, 0.2) is 97.1 Å². The van der Waals surface area contributed by atoms with Crippen LogP contribution in [0.3, 0.4) is 0 Å². The third kappa shape index (κ3) is 5.89. The van der Waals surface area contributed by atoms with Crippen LogP contribution in [-0.2, 0) is 17.4 Å². The van der Waals surface area contributed by atoms with Crippen molar-refractivity contribution in [1.29, 1.82) is 0 Å². The van der Waals surface area contributed by atoms with Gasteiger partial charge in [0.25, 0.3) is 7.52 Å². The van der Waals surface area contributed by atoms with E-state index in [2.05, 4.69) is 62.1 Å². The number of hydrogen-bond acceptors (Lipinski definition) is 4. The number of benzene rings is 4. The number of hydrogen-bond donors (Lipinski definition) is 3. The number of nitrogens with zero attached hydrogens (tertiary/aromatic N) is 3. The van der Waals surface area contributed by atoms with Gasteiger partial charge in [-0.3, -0.25) is 4.57 Å². The lowest BCUT2D eigenvalue weighted by Gasteiger charge is -2.20. The molecule has 0 amide bonds. The third-order valence-corrected chi connectivity index (χ3v) is 7.59. The minimum atomic E-state index is -3.68. The molecule has 0 bridgehead atoms. The maximum Gasteiger partial charge on any atom is 0.268 e. The topological polar surface area (TPSA) is 104 Å². The molecule has 0 radical (unpaired) electrons. The number of aromatic nitrogens is 4. The van der Waals surface area contributed by atoms with Gasteiger partial charge in [-0.05, 0) is 45.9 Å². The van der Waals surface area contributed by atoms with Gasteiger partial charge >= 0.3 is 0 Å². The Labute approximate surface area is 203 Å². The normalized spacial score (nSPS) is 14.0. The highest BCUT2D eigenvalue weighted by Gasteiger charge is 2.27. The molecule has 0 aliphatic rings. The van der Waals surface area contributed by atoms with Gasteiger partial charge in [-0.1, -0.05) is 102 Å². The molecule has 0 aliphatic carbocycles. The molecule has 0 fully saturated rings. The highest BCUT2D eigenvalue weighted by atomic mass is 31.2. The monoisotopic (exact) mass is 483 g/mol. The lowest BCUT2D eigenvalue weighted by Crippen LogP contribution is -2.23. The van der Waals surface area contributed by atoms with Gasteiger partial charge in [0.1, 0.15) is 0 Å². The smallest absolute Gasteiger partial charge is 0.268 e. The van der Waals surface area contributed by atoms with Crippen LogP contribution in [-0.4, -0.2) is 31.7 Å². The van der Waals surface area contributed by atoms with Gasteiger partial charge in [0.15, 0.2) is 5.82 Å². The fourth-order valence-electron chi connectivity index (χ4n) is 4.19.